The average Bonchev–Trinajstić information content (AvgIpc) is 3.04. The number of likely N-dealkylation sites (tertiary alicyclic amines) is 1. The number of carbonyl (C=O) groups is 1. The smallest absolute Gasteiger partial charge is 0.236 e. The minimum Gasteiger partial charge on any atom is -0.370 e. The lowest BCUT2D eigenvalue weighted by atomic mass is 9.99. The van der Waals surface area contributed by atoms with Crippen molar-refractivity contribution in [2.75, 3.05) is 50.7 Å². The van der Waals surface area contributed by atoms with Crippen molar-refractivity contribution in [3.63, 3.8) is 0 Å². The second kappa shape index (κ2) is 8.57. The van der Waals surface area contributed by atoms with Crippen LogP contribution in [0.5, 0.6) is 0 Å². The van der Waals surface area contributed by atoms with Crippen molar-refractivity contribution < 1.29 is 4.79 Å². The maximum absolute atomic E-state index is 12.9. The van der Waals surface area contributed by atoms with Crippen molar-refractivity contribution in [3.8, 4) is 0 Å². The lowest BCUT2D eigenvalue weighted by molar-refractivity contribution is -0.131. The largest absolute Gasteiger partial charge is 0.370 e. The highest BCUT2D eigenvalue weighted by Crippen LogP contribution is 2.26. The molecule has 2 aliphatic rings. The maximum Gasteiger partial charge on any atom is 0.236 e. The van der Waals surface area contributed by atoms with Gasteiger partial charge in [-0.3, -0.25) is 9.69 Å². The first-order valence-corrected chi connectivity index (χ1v) is 10.1. The van der Waals surface area contributed by atoms with Crippen LogP contribution in [0.15, 0.2) is 60.7 Å². The summed E-state index contributed by atoms with van der Waals surface area (Å²) in [5.41, 5.74) is 2.66. The molecular formula is C23H29N3O. The van der Waals surface area contributed by atoms with Crippen LogP contribution < -0.4 is 4.90 Å². The Labute approximate surface area is 162 Å². The molecule has 4 heteroatoms. The van der Waals surface area contributed by atoms with E-state index in [2.05, 4.69) is 75.4 Å². The summed E-state index contributed by atoms with van der Waals surface area (Å²) in [6.45, 7) is 6.22. The summed E-state index contributed by atoms with van der Waals surface area (Å²) < 4.78 is 0. The minimum absolute atomic E-state index is 0.290. The van der Waals surface area contributed by atoms with E-state index in [1.807, 2.05) is 0 Å². The molecule has 2 aliphatic heterocycles. The minimum atomic E-state index is 0.290. The molecule has 2 aromatic carbocycles. The first kappa shape index (κ1) is 18.1. The van der Waals surface area contributed by atoms with Crippen molar-refractivity contribution in [2.45, 2.75) is 18.8 Å². The van der Waals surface area contributed by atoms with Crippen molar-refractivity contribution in [1.29, 1.82) is 0 Å². The molecule has 2 saturated heterocycles. The summed E-state index contributed by atoms with van der Waals surface area (Å²) in [4.78, 5) is 19.7. The zero-order chi connectivity index (χ0) is 18.5. The van der Waals surface area contributed by atoms with Gasteiger partial charge in [0.15, 0.2) is 0 Å². The summed E-state index contributed by atoms with van der Waals surface area (Å²) in [5.74, 6) is 0.857. The van der Waals surface area contributed by atoms with Crippen LogP contribution in [0.3, 0.4) is 0 Å². The van der Waals surface area contributed by atoms with Gasteiger partial charge in [0.1, 0.15) is 0 Å². The van der Waals surface area contributed by atoms with Crippen LogP contribution in [0, 0.1) is 0 Å². The average molecular weight is 364 g/mol. The van der Waals surface area contributed by atoms with E-state index in [-0.39, 0.29) is 0 Å². The number of anilines is 1. The topological polar surface area (TPSA) is 26.8 Å². The second-order valence-electron chi connectivity index (χ2n) is 7.69. The SMILES string of the molecule is O=C(CN1CC[C@H](c2ccccc2)C1)N1CCCN(c2ccccc2)CC1. The number of benzene rings is 2. The Balaban J connectivity index is 1.29. The number of hydrogen-bond acceptors (Lipinski definition) is 3. The quantitative estimate of drug-likeness (QED) is 0.835. The van der Waals surface area contributed by atoms with Gasteiger partial charge in [-0.2, -0.15) is 0 Å². The van der Waals surface area contributed by atoms with Gasteiger partial charge >= 0.3 is 0 Å². The highest BCUT2D eigenvalue weighted by Gasteiger charge is 2.27. The molecule has 0 N–H and O–H groups in total. The van der Waals surface area contributed by atoms with Crippen LogP contribution in [0.2, 0.25) is 0 Å². The molecule has 2 aromatic rings. The Bertz CT molecular complexity index is 734. The first-order valence-electron chi connectivity index (χ1n) is 10.1. The summed E-state index contributed by atoms with van der Waals surface area (Å²) in [7, 11) is 0. The molecule has 0 aliphatic carbocycles. The number of para-hydroxylation sites is 1. The first-order chi connectivity index (χ1) is 13.3. The zero-order valence-electron chi connectivity index (χ0n) is 16.0. The Hall–Kier alpha value is -2.33. The van der Waals surface area contributed by atoms with Gasteiger partial charge in [-0.1, -0.05) is 48.5 Å². The van der Waals surface area contributed by atoms with Crippen molar-refractivity contribution >= 4 is 11.6 Å². The lowest BCUT2D eigenvalue weighted by Crippen LogP contribution is -2.41. The van der Waals surface area contributed by atoms with E-state index >= 15 is 0 Å². The predicted molar refractivity (Wildman–Crippen MR) is 110 cm³/mol. The maximum atomic E-state index is 12.9. The molecule has 0 spiro atoms. The molecule has 4 rings (SSSR count). The van der Waals surface area contributed by atoms with Gasteiger partial charge in [-0.25, -0.2) is 0 Å². The van der Waals surface area contributed by atoms with Gasteiger partial charge < -0.3 is 9.80 Å². The van der Waals surface area contributed by atoms with Gasteiger partial charge in [0.05, 0.1) is 6.54 Å². The number of hydrogen-bond donors (Lipinski definition) is 0. The van der Waals surface area contributed by atoms with Gasteiger partial charge in [0, 0.05) is 38.4 Å². The number of rotatable bonds is 4. The molecule has 0 saturated carbocycles. The summed E-state index contributed by atoms with van der Waals surface area (Å²) in [5, 5.41) is 0. The third-order valence-electron chi connectivity index (χ3n) is 5.87. The molecule has 1 atom stereocenters. The highest BCUT2D eigenvalue weighted by atomic mass is 16.2. The van der Waals surface area contributed by atoms with E-state index in [1.54, 1.807) is 0 Å². The number of carbonyl (C=O) groups excluding carboxylic acids is 1. The third-order valence-corrected chi connectivity index (χ3v) is 5.87. The fourth-order valence-corrected chi connectivity index (χ4v) is 4.33. The molecule has 0 unspecified atom stereocenters. The summed E-state index contributed by atoms with van der Waals surface area (Å²) in [6.07, 6.45) is 2.19. The van der Waals surface area contributed by atoms with Crippen LogP contribution >= 0.6 is 0 Å². The Morgan fingerprint density at radius 1 is 0.852 bits per heavy atom. The van der Waals surface area contributed by atoms with Crippen LogP contribution in [0.1, 0.15) is 24.3 Å². The lowest BCUT2D eigenvalue weighted by Gasteiger charge is -2.25. The monoisotopic (exact) mass is 363 g/mol. The van der Waals surface area contributed by atoms with Crippen molar-refractivity contribution in [3.05, 3.63) is 66.2 Å². The van der Waals surface area contributed by atoms with Gasteiger partial charge in [0.2, 0.25) is 5.91 Å². The van der Waals surface area contributed by atoms with E-state index in [4.69, 9.17) is 0 Å². The predicted octanol–water partition coefficient (Wildman–Crippen LogP) is 3.21. The molecule has 1 amide bonds. The van der Waals surface area contributed by atoms with Crippen LogP contribution in [-0.4, -0.2) is 61.5 Å². The standard InChI is InChI=1S/C23H29N3O/c27-23(19-24-15-12-21(18-24)20-8-3-1-4-9-20)26-14-7-13-25(16-17-26)22-10-5-2-6-11-22/h1-6,8-11,21H,7,12-19H2/t21-/m0/s1. The molecule has 0 radical (unpaired) electrons. The van der Waals surface area contributed by atoms with E-state index in [0.717, 1.165) is 52.1 Å². The fourth-order valence-electron chi connectivity index (χ4n) is 4.33. The summed E-state index contributed by atoms with van der Waals surface area (Å²) >= 11 is 0. The van der Waals surface area contributed by atoms with E-state index < -0.39 is 0 Å². The third kappa shape index (κ3) is 4.51. The van der Waals surface area contributed by atoms with Crippen LogP contribution in [0.25, 0.3) is 0 Å². The molecule has 4 nitrogen and oxygen atoms in total. The number of amides is 1. The Morgan fingerprint density at radius 2 is 1.59 bits per heavy atom. The normalized spacial score (nSPS) is 21.3. The number of nitrogens with zero attached hydrogens (tertiary/aromatic N) is 3. The highest BCUT2D eigenvalue weighted by molar-refractivity contribution is 5.78. The molecule has 0 aromatic heterocycles. The molecule has 0 bridgehead atoms. The van der Waals surface area contributed by atoms with Crippen LogP contribution in [0.4, 0.5) is 5.69 Å². The molecule has 27 heavy (non-hydrogen) atoms. The molecule has 2 heterocycles. The van der Waals surface area contributed by atoms with E-state index in [0.29, 0.717) is 18.4 Å². The van der Waals surface area contributed by atoms with Gasteiger partial charge in [-0.05, 0) is 43.0 Å². The van der Waals surface area contributed by atoms with E-state index in [9.17, 15) is 4.79 Å². The van der Waals surface area contributed by atoms with Gasteiger partial charge in [-0.15, -0.1) is 0 Å². The molecule has 142 valence electrons. The Kier molecular flexibility index (Phi) is 5.73. The Morgan fingerprint density at radius 3 is 2.37 bits per heavy atom. The second-order valence-corrected chi connectivity index (χ2v) is 7.69. The zero-order valence-corrected chi connectivity index (χ0v) is 16.0. The van der Waals surface area contributed by atoms with Gasteiger partial charge in [0.25, 0.3) is 0 Å². The molecule has 2 fully saturated rings. The van der Waals surface area contributed by atoms with Crippen LogP contribution in [-0.2, 0) is 4.79 Å². The molecular weight excluding hydrogens is 334 g/mol. The van der Waals surface area contributed by atoms with E-state index in [1.165, 1.54) is 11.3 Å². The summed E-state index contributed by atoms with van der Waals surface area (Å²) in [6, 6.07) is 21.2. The fraction of sp³-hybridized carbons (Fsp3) is 0.435. The van der Waals surface area contributed by atoms with Crippen molar-refractivity contribution in [1.82, 2.24) is 9.80 Å². The van der Waals surface area contributed by atoms with Crippen molar-refractivity contribution in [2.24, 2.45) is 0 Å².